The van der Waals surface area contributed by atoms with Crippen LogP contribution in [0.5, 0.6) is 5.75 Å². The van der Waals surface area contributed by atoms with E-state index in [0.29, 0.717) is 5.56 Å². The van der Waals surface area contributed by atoms with Gasteiger partial charge in [-0.15, -0.1) is 0 Å². The number of fused-ring (bicyclic) bond motifs is 1. The number of aryl methyl sites for hydroxylation is 1. The molecule has 0 saturated carbocycles. The normalized spacial score (nSPS) is 10.1. The van der Waals surface area contributed by atoms with Crippen molar-refractivity contribution in [3.8, 4) is 23.7 Å². The zero-order valence-electron chi connectivity index (χ0n) is 15.7. The molecule has 3 aromatic rings. The molecule has 3 rings (SSSR count). The van der Waals surface area contributed by atoms with Crippen molar-refractivity contribution >= 4 is 28.5 Å². The minimum absolute atomic E-state index is 0.609. The van der Waals surface area contributed by atoms with Crippen LogP contribution in [0.2, 0.25) is 0 Å². The lowest BCUT2D eigenvalue weighted by Crippen LogP contribution is -1.98. The van der Waals surface area contributed by atoms with E-state index in [0.717, 1.165) is 45.9 Å². The first-order valence-electron chi connectivity index (χ1n) is 8.82. The molecule has 0 amide bonds. The molecule has 0 spiro atoms. The van der Waals surface area contributed by atoms with Gasteiger partial charge in [0.25, 0.3) is 0 Å². The molecule has 0 aliphatic carbocycles. The Morgan fingerprint density at radius 2 is 2.00 bits per heavy atom. The Balaban J connectivity index is 2.08. The Kier molecular flexibility index (Phi) is 5.96. The maximum atomic E-state index is 9.72. The largest absolute Gasteiger partial charge is 0.497 e. The molecule has 27 heavy (non-hydrogen) atoms. The van der Waals surface area contributed by atoms with Crippen molar-refractivity contribution in [2.45, 2.75) is 20.4 Å². The minimum atomic E-state index is 0.609. The summed E-state index contributed by atoms with van der Waals surface area (Å²) in [6.07, 6.45) is 0. The Morgan fingerprint density at radius 1 is 1.15 bits per heavy atom. The number of methoxy groups -OCH3 is 1. The van der Waals surface area contributed by atoms with Crippen molar-refractivity contribution < 1.29 is 4.74 Å². The summed E-state index contributed by atoms with van der Waals surface area (Å²) < 4.78 is 10.7. The predicted octanol–water partition coefficient (Wildman–Crippen LogP) is 5.02. The first kappa shape index (κ1) is 18.8. The molecule has 2 aromatic carbocycles. The number of aromatic nitrogens is 1. The highest BCUT2D eigenvalue weighted by Crippen LogP contribution is 2.29. The van der Waals surface area contributed by atoms with Crippen LogP contribution in [0.1, 0.15) is 30.7 Å². The molecule has 0 unspecified atom stereocenters. The monoisotopic (exact) mass is 375 g/mol. The highest BCUT2D eigenvalue weighted by Gasteiger charge is 2.15. The highest BCUT2D eigenvalue weighted by molar-refractivity contribution is 8.00. The zero-order chi connectivity index (χ0) is 19.2. The van der Waals surface area contributed by atoms with E-state index >= 15 is 0 Å². The quantitative estimate of drug-likeness (QED) is 0.502. The Morgan fingerprint density at radius 3 is 2.70 bits per heavy atom. The van der Waals surface area contributed by atoms with Gasteiger partial charge >= 0.3 is 0 Å². The van der Waals surface area contributed by atoms with Gasteiger partial charge in [-0.05, 0) is 43.2 Å². The van der Waals surface area contributed by atoms with Crippen LogP contribution in [0.3, 0.4) is 0 Å². The van der Waals surface area contributed by atoms with Crippen molar-refractivity contribution in [2.24, 2.45) is 0 Å². The van der Waals surface area contributed by atoms with E-state index in [1.54, 1.807) is 19.1 Å². The second-order valence-corrected chi connectivity index (χ2v) is 6.90. The third kappa shape index (κ3) is 3.89. The van der Waals surface area contributed by atoms with E-state index in [2.05, 4.69) is 41.0 Å². The fraction of sp³-hybridized carbons (Fsp3) is 0.227. The molecule has 0 fully saturated rings. The molecular formula is C22H21N3OS. The Bertz CT molecular complexity index is 1070. The van der Waals surface area contributed by atoms with Crippen LogP contribution >= 0.6 is 11.9 Å². The van der Waals surface area contributed by atoms with E-state index < -0.39 is 0 Å². The van der Waals surface area contributed by atoms with E-state index in [1.165, 1.54) is 0 Å². The first-order valence-corrected chi connectivity index (χ1v) is 9.80. The van der Waals surface area contributed by atoms with Gasteiger partial charge in [0.1, 0.15) is 17.5 Å². The topological polar surface area (TPSA) is 50.0 Å². The van der Waals surface area contributed by atoms with Gasteiger partial charge < -0.3 is 14.0 Å². The summed E-state index contributed by atoms with van der Waals surface area (Å²) in [6.45, 7) is 4.88. The number of nitrogens with zero attached hydrogens (tertiary/aromatic N) is 2. The molecule has 136 valence electrons. The second kappa shape index (κ2) is 8.58. The molecule has 1 aromatic heterocycles. The smallest absolute Gasteiger partial charge is 0.120 e. The van der Waals surface area contributed by atoms with Crippen LogP contribution in [0.4, 0.5) is 5.69 Å². The van der Waals surface area contributed by atoms with Crippen LogP contribution < -0.4 is 9.46 Å². The summed E-state index contributed by atoms with van der Waals surface area (Å²) in [6, 6.07) is 16.1. The van der Waals surface area contributed by atoms with Gasteiger partial charge in [-0.2, -0.15) is 5.26 Å². The molecule has 0 radical (unpaired) electrons. The predicted molar refractivity (Wildman–Crippen MR) is 113 cm³/mol. The molecule has 0 atom stereocenters. The van der Waals surface area contributed by atoms with Gasteiger partial charge in [0.2, 0.25) is 0 Å². The molecule has 4 nitrogen and oxygen atoms in total. The average Bonchev–Trinajstić information content (AvgIpc) is 3.02. The highest BCUT2D eigenvalue weighted by atomic mass is 32.2. The summed E-state index contributed by atoms with van der Waals surface area (Å²) in [5.41, 5.74) is 4.25. The third-order valence-electron chi connectivity index (χ3n) is 4.22. The number of benzene rings is 2. The maximum Gasteiger partial charge on any atom is 0.120 e. The second-order valence-electron chi connectivity index (χ2n) is 5.83. The van der Waals surface area contributed by atoms with E-state index in [9.17, 15) is 5.26 Å². The van der Waals surface area contributed by atoms with E-state index in [4.69, 9.17) is 4.74 Å². The first-order chi connectivity index (χ1) is 13.2. The van der Waals surface area contributed by atoms with Gasteiger partial charge in [-0.3, -0.25) is 0 Å². The molecule has 0 saturated heterocycles. The van der Waals surface area contributed by atoms with Gasteiger partial charge in [-0.1, -0.05) is 30.9 Å². The fourth-order valence-corrected chi connectivity index (χ4v) is 3.41. The number of rotatable bonds is 5. The van der Waals surface area contributed by atoms with Crippen LogP contribution in [0.15, 0.2) is 42.5 Å². The molecule has 0 aliphatic heterocycles. The van der Waals surface area contributed by atoms with Gasteiger partial charge in [0, 0.05) is 35.0 Å². The van der Waals surface area contributed by atoms with E-state index in [-0.39, 0.29) is 0 Å². The molecule has 1 heterocycles. The molecule has 0 bridgehead atoms. The standard InChI is InChI=1S/C22H21N3OS/c1-4-25-21(12-9-16-7-6-8-17(13-16)24-27-5-2)20(15-23)19-11-10-18(26-3)14-22(19)25/h6-8,10-11,13-14,24H,4-5H2,1-3H3. The van der Waals surface area contributed by atoms with Crippen molar-refractivity contribution in [2.75, 3.05) is 17.6 Å². The van der Waals surface area contributed by atoms with Crippen molar-refractivity contribution in [3.05, 3.63) is 59.3 Å². The van der Waals surface area contributed by atoms with Crippen LogP contribution in [0, 0.1) is 23.2 Å². The van der Waals surface area contributed by atoms with Gasteiger partial charge in [0.05, 0.1) is 18.2 Å². The number of nitrogens with one attached hydrogen (secondary N) is 1. The third-order valence-corrected chi connectivity index (χ3v) is 4.89. The Hall–Kier alpha value is -3.02. The van der Waals surface area contributed by atoms with Gasteiger partial charge in [0.15, 0.2) is 0 Å². The number of ether oxygens (including phenoxy) is 1. The van der Waals surface area contributed by atoms with E-state index in [1.807, 2.05) is 42.5 Å². The van der Waals surface area contributed by atoms with Crippen molar-refractivity contribution in [1.29, 1.82) is 5.26 Å². The van der Waals surface area contributed by atoms with Crippen LogP contribution in [-0.4, -0.2) is 17.4 Å². The molecule has 0 aliphatic rings. The van der Waals surface area contributed by atoms with Gasteiger partial charge in [-0.25, -0.2) is 0 Å². The van der Waals surface area contributed by atoms with Crippen LogP contribution in [0.25, 0.3) is 10.9 Å². The molecule has 1 N–H and O–H groups in total. The lowest BCUT2D eigenvalue weighted by molar-refractivity contribution is 0.415. The summed E-state index contributed by atoms with van der Waals surface area (Å²) in [5, 5.41) is 10.6. The number of nitriles is 1. The molecule has 5 heteroatoms. The minimum Gasteiger partial charge on any atom is -0.497 e. The summed E-state index contributed by atoms with van der Waals surface area (Å²) in [5.74, 6) is 8.20. The van der Waals surface area contributed by atoms with Crippen molar-refractivity contribution in [1.82, 2.24) is 4.57 Å². The van der Waals surface area contributed by atoms with Crippen LogP contribution in [-0.2, 0) is 6.54 Å². The van der Waals surface area contributed by atoms with Crippen molar-refractivity contribution in [3.63, 3.8) is 0 Å². The average molecular weight is 375 g/mol. The summed E-state index contributed by atoms with van der Waals surface area (Å²) >= 11 is 1.65. The zero-order valence-corrected chi connectivity index (χ0v) is 16.5. The number of anilines is 1. The lowest BCUT2D eigenvalue weighted by Gasteiger charge is -2.05. The summed E-state index contributed by atoms with van der Waals surface area (Å²) in [4.78, 5) is 0. The summed E-state index contributed by atoms with van der Waals surface area (Å²) in [7, 11) is 1.64. The maximum absolute atomic E-state index is 9.72. The SMILES string of the molecule is CCSNc1cccc(C#Cc2c(C#N)c3ccc(OC)cc3n2CC)c1. The number of hydrogen-bond donors (Lipinski definition) is 1. The molecular weight excluding hydrogens is 354 g/mol. The number of hydrogen-bond acceptors (Lipinski definition) is 4. The lowest BCUT2D eigenvalue weighted by atomic mass is 10.1. The fourth-order valence-electron chi connectivity index (χ4n) is 2.98. The Labute approximate surface area is 164 Å².